The molecule has 0 N–H and O–H groups in total. The first kappa shape index (κ1) is 65.5. The molecule has 4 aromatic rings. The highest BCUT2D eigenvalue weighted by molar-refractivity contribution is 7.97. The van der Waals surface area contributed by atoms with Gasteiger partial charge in [0.2, 0.25) is 0 Å². The molecule has 8 saturated carbocycles. The van der Waals surface area contributed by atoms with E-state index in [4.69, 9.17) is 14.2 Å². The highest BCUT2D eigenvalue weighted by atomic mass is 32.2. The van der Waals surface area contributed by atoms with Crippen LogP contribution in [0.4, 0.5) is 0 Å². The van der Waals surface area contributed by atoms with Crippen molar-refractivity contribution in [2.75, 3.05) is 53.1 Å². The second-order valence-corrected chi connectivity index (χ2v) is 39.8. The van der Waals surface area contributed by atoms with Crippen LogP contribution in [0.5, 0.6) is 17.2 Å². The van der Waals surface area contributed by atoms with Crippen molar-refractivity contribution in [3.8, 4) is 17.2 Å². The Morgan fingerprint density at radius 3 is 0.805 bits per heavy atom. The second kappa shape index (κ2) is 28.1. The molecular weight excluding hydrogens is 1150 g/mol. The van der Waals surface area contributed by atoms with E-state index in [0.717, 1.165) is 114 Å². The molecule has 16 rings (SSSR count). The van der Waals surface area contributed by atoms with Crippen molar-refractivity contribution in [2.45, 2.75) is 249 Å². The molecule has 4 saturated heterocycles. The Morgan fingerprint density at radius 1 is 0.356 bits per heavy atom. The van der Waals surface area contributed by atoms with Gasteiger partial charge in [-0.2, -0.15) is 0 Å². The molecule has 0 aromatic heterocycles. The molecule has 4 heterocycles. The van der Waals surface area contributed by atoms with E-state index in [9.17, 15) is 9.59 Å². The number of rotatable bonds is 9. The van der Waals surface area contributed by atoms with E-state index in [-0.39, 0.29) is 28.2 Å². The summed E-state index contributed by atoms with van der Waals surface area (Å²) < 4.78 is 17.7. The van der Waals surface area contributed by atoms with Crippen LogP contribution in [0, 0.1) is 102 Å². The van der Waals surface area contributed by atoms with Crippen LogP contribution in [0.25, 0.3) is 0 Å². The smallest absolute Gasteiger partial charge is 0.317 e. The predicted molar refractivity (Wildman–Crippen MR) is 374 cm³/mol. The van der Waals surface area contributed by atoms with Gasteiger partial charge in [0.15, 0.2) is 19.6 Å². The van der Waals surface area contributed by atoms with E-state index in [0.29, 0.717) is 43.6 Å². The minimum atomic E-state index is -0.169. The molecule has 4 aromatic carbocycles. The minimum absolute atomic E-state index is 0.0823. The topological polar surface area (TPSA) is 61.8 Å². The van der Waals surface area contributed by atoms with Crippen LogP contribution in [-0.4, -0.2) is 65.1 Å². The van der Waals surface area contributed by atoms with Gasteiger partial charge in [-0.25, -0.2) is 0 Å². The maximum atomic E-state index is 13.3. The molecule has 0 spiro atoms. The summed E-state index contributed by atoms with van der Waals surface area (Å²) in [5.74, 6) is 18.6. The maximum Gasteiger partial charge on any atom is 0.317 e. The SMILES string of the molecule is COc1c(C)cc([S+]2CCCCC2)cc1C.Cc1cc([S+]2CCCC2)cc(C)c1OC(=O)C12CC3CC(CC(C3)C1)C2.Cc1cc([S+]2CCCCC2)cc(C)c1C(C)(C)C.Cc1cc([S+]2CCCCC2)cc(C)c1OC(=O)C12CC3CC(CC(C3)C1)C2. The number of carbonyl (C=O) groups excluding carboxylic acids is 2. The standard InChI is InChI=1S/C24H33O2S.C23H31O2S.C17H27S.C14H21OS/c1-16-8-21(27-6-4-3-5-7-27)9-17(2)22(16)26-23(25)24-13-18-10-19(14-24)12-20(11-18)15-24;1-15-7-20(26-5-3-4-6-26)8-16(2)21(15)25-22(24)23-12-17-9-18(13-23)11-19(10-17)14-23;1-13-11-15(18-9-7-6-8-10-18)12-14(2)16(13)17(3,4)5;1-11-9-13(10-12(2)14(11)15-3)16-7-5-4-6-8-16/h8-9,18-20H,3-7,10-15H2,1-2H3;7-8,17-19H,3-6,9-14H2,1-2H3;11-12H,6-10H2,1-5H3;9-10H,4-8H2,1-3H3/q4*+1. The van der Waals surface area contributed by atoms with E-state index in [1.165, 1.54) is 187 Å². The predicted octanol–water partition coefficient (Wildman–Crippen LogP) is 19.0. The van der Waals surface area contributed by atoms with Crippen LogP contribution in [-0.2, 0) is 58.6 Å². The minimum Gasteiger partial charge on any atom is -0.496 e. The fourth-order valence-electron chi connectivity index (χ4n) is 19.4. The first-order chi connectivity index (χ1) is 41.7. The zero-order valence-electron chi connectivity index (χ0n) is 56.2. The fourth-order valence-corrected chi connectivity index (χ4v) is 29.2. The largest absolute Gasteiger partial charge is 0.496 e. The van der Waals surface area contributed by atoms with Crippen molar-refractivity contribution in [1.29, 1.82) is 0 Å². The normalized spacial score (nSPS) is 28.6. The van der Waals surface area contributed by atoms with E-state index >= 15 is 0 Å². The van der Waals surface area contributed by atoms with Crippen molar-refractivity contribution < 1.29 is 23.8 Å². The molecule has 0 unspecified atom stereocenters. The lowest BCUT2D eigenvalue weighted by Crippen LogP contribution is -2.51. The van der Waals surface area contributed by atoms with Gasteiger partial charge in [-0.15, -0.1) is 0 Å². The summed E-state index contributed by atoms with van der Waals surface area (Å²) in [4.78, 5) is 32.8. The van der Waals surface area contributed by atoms with E-state index in [2.05, 4.69) is 125 Å². The Morgan fingerprint density at radius 2 is 0.575 bits per heavy atom. The quantitative estimate of drug-likeness (QED) is 0.0949. The summed E-state index contributed by atoms with van der Waals surface area (Å²) in [5, 5.41) is 0. The van der Waals surface area contributed by atoms with Crippen molar-refractivity contribution in [3.05, 3.63) is 98.6 Å². The van der Waals surface area contributed by atoms with E-state index in [1.807, 2.05) is 0 Å². The molecule has 0 radical (unpaired) electrons. The van der Waals surface area contributed by atoms with E-state index < -0.39 is 0 Å². The van der Waals surface area contributed by atoms with Crippen molar-refractivity contribution in [3.63, 3.8) is 0 Å². The molecule has 5 nitrogen and oxygen atoms in total. The number of ether oxygens (including phenoxy) is 3. The third-order valence-corrected chi connectivity index (χ3v) is 32.2. The molecule has 9 heteroatoms. The maximum absolute atomic E-state index is 13.3. The molecule has 12 aliphatic rings. The molecular formula is C78H112O5S4+4. The lowest BCUT2D eigenvalue weighted by atomic mass is 9.49. The molecule has 0 amide bonds. The molecule has 8 bridgehead atoms. The average molecular weight is 1260 g/mol. The van der Waals surface area contributed by atoms with Gasteiger partial charge in [-0.3, -0.25) is 9.59 Å². The number of hydrogen-bond acceptors (Lipinski definition) is 5. The van der Waals surface area contributed by atoms with Gasteiger partial charge in [0.25, 0.3) is 0 Å². The van der Waals surface area contributed by atoms with E-state index in [1.54, 1.807) is 22.5 Å². The number of carbonyl (C=O) groups is 2. The first-order valence-corrected chi connectivity index (χ1v) is 41.1. The van der Waals surface area contributed by atoms with Gasteiger partial charge >= 0.3 is 11.9 Å². The molecule has 474 valence electrons. The Bertz CT molecular complexity index is 2910. The zero-order chi connectivity index (χ0) is 61.4. The van der Waals surface area contributed by atoms with Gasteiger partial charge < -0.3 is 14.2 Å². The van der Waals surface area contributed by atoms with Crippen LogP contribution in [0.2, 0.25) is 0 Å². The molecule has 0 atom stereocenters. The fraction of sp³-hybridized carbons (Fsp3) is 0.667. The van der Waals surface area contributed by atoms with Crippen LogP contribution in [0.1, 0.15) is 219 Å². The second-order valence-electron chi connectivity index (χ2n) is 30.7. The van der Waals surface area contributed by atoms with Crippen LogP contribution >= 0.6 is 0 Å². The highest BCUT2D eigenvalue weighted by Gasteiger charge is 2.57. The zero-order valence-corrected chi connectivity index (χ0v) is 59.4. The summed E-state index contributed by atoms with van der Waals surface area (Å²) in [5.41, 5.74) is 11.7. The summed E-state index contributed by atoms with van der Waals surface area (Å²) in [6.45, 7) is 24.4. The lowest BCUT2D eigenvalue weighted by molar-refractivity contribution is -0.162. The Balaban J connectivity index is 0.000000123. The summed E-state index contributed by atoms with van der Waals surface area (Å²) in [6, 6.07) is 18.8. The molecule has 12 fully saturated rings. The molecule has 87 heavy (non-hydrogen) atoms. The van der Waals surface area contributed by atoms with Crippen LogP contribution in [0.15, 0.2) is 68.1 Å². The Labute approximate surface area is 539 Å². The lowest BCUT2D eigenvalue weighted by Gasteiger charge is -2.55. The molecule has 4 aliphatic heterocycles. The monoisotopic (exact) mass is 1260 g/mol. The number of benzene rings is 4. The average Bonchev–Trinajstić information content (AvgIpc) is 1.13. The van der Waals surface area contributed by atoms with Crippen molar-refractivity contribution in [2.24, 2.45) is 46.3 Å². The third-order valence-electron chi connectivity index (χ3n) is 22.3. The Kier molecular flexibility index (Phi) is 21.1. The Hall–Kier alpha value is -2.98. The van der Waals surface area contributed by atoms with Gasteiger partial charge in [-0.1, -0.05) is 20.8 Å². The van der Waals surface area contributed by atoms with Crippen LogP contribution < -0.4 is 14.2 Å². The summed E-state index contributed by atoms with van der Waals surface area (Å²) in [6.07, 6.45) is 30.1. The van der Waals surface area contributed by atoms with Crippen molar-refractivity contribution in [1.82, 2.24) is 0 Å². The number of esters is 2. The number of aryl methyl sites for hydroxylation is 8. The van der Waals surface area contributed by atoms with Gasteiger partial charge in [-0.05, 0) is 343 Å². The number of methoxy groups -OCH3 is 1. The molecule has 8 aliphatic carbocycles. The van der Waals surface area contributed by atoms with Gasteiger partial charge in [0, 0.05) is 43.6 Å². The van der Waals surface area contributed by atoms with Crippen molar-refractivity contribution >= 4 is 55.5 Å². The number of hydrogen-bond donors (Lipinski definition) is 0. The summed E-state index contributed by atoms with van der Waals surface area (Å²) >= 11 is 0. The third kappa shape index (κ3) is 15.1. The van der Waals surface area contributed by atoms with Crippen LogP contribution in [0.3, 0.4) is 0 Å². The van der Waals surface area contributed by atoms with Gasteiger partial charge in [0.1, 0.15) is 63.3 Å². The van der Waals surface area contributed by atoms with Gasteiger partial charge in [0.05, 0.1) is 17.9 Å². The summed E-state index contributed by atoms with van der Waals surface area (Å²) in [7, 11) is 3.62. The first-order valence-electron chi connectivity index (χ1n) is 34.8. The highest BCUT2D eigenvalue weighted by Crippen LogP contribution is 2.62.